The molecule has 8 nitrogen and oxygen atoms in total. The molecule has 1 N–H and O–H groups in total. The van der Waals surface area contributed by atoms with Crippen LogP contribution in [0.15, 0.2) is 24.3 Å². The molecule has 0 bridgehead atoms. The SMILES string of the molecule is CC(C)(C)OC(=O)NOCCOc1ccc(OS(=O)(=O)F)cc1. The lowest BCUT2D eigenvalue weighted by Crippen LogP contribution is -2.33. The van der Waals surface area contributed by atoms with Gasteiger partial charge in [0.15, 0.2) is 0 Å². The zero-order valence-corrected chi connectivity index (χ0v) is 13.7. The maximum Gasteiger partial charge on any atom is 0.488 e. The summed E-state index contributed by atoms with van der Waals surface area (Å²) in [6.07, 6.45) is -0.716. The first-order valence-electron chi connectivity index (χ1n) is 6.53. The second kappa shape index (κ2) is 7.97. The first-order chi connectivity index (χ1) is 10.6. The van der Waals surface area contributed by atoms with Gasteiger partial charge in [0.25, 0.3) is 0 Å². The van der Waals surface area contributed by atoms with E-state index in [-0.39, 0.29) is 19.0 Å². The third kappa shape index (κ3) is 9.53. The predicted octanol–water partition coefficient (Wildman–Crippen LogP) is 2.11. The van der Waals surface area contributed by atoms with Crippen LogP contribution in [0.3, 0.4) is 0 Å². The number of halogens is 1. The standard InChI is InChI=1S/C13H18FNO7S/c1-13(2,3)21-12(16)15-20-9-8-19-10-4-6-11(7-5-10)22-23(14,17)18/h4-7H,8-9H2,1-3H3,(H,15,16). The number of carbonyl (C=O) groups excluding carboxylic acids is 1. The topological polar surface area (TPSA) is 100 Å². The van der Waals surface area contributed by atoms with E-state index in [0.717, 1.165) is 0 Å². The molecule has 130 valence electrons. The minimum Gasteiger partial charge on any atom is -0.491 e. The van der Waals surface area contributed by atoms with Crippen molar-refractivity contribution in [1.29, 1.82) is 0 Å². The Bertz CT molecular complexity index is 610. The summed E-state index contributed by atoms with van der Waals surface area (Å²) in [5.41, 5.74) is 1.47. The molecule has 0 aliphatic heterocycles. The maximum atomic E-state index is 12.3. The molecule has 0 saturated carbocycles. The molecule has 0 saturated heterocycles. The molecule has 23 heavy (non-hydrogen) atoms. The Balaban J connectivity index is 2.25. The normalized spacial score (nSPS) is 11.7. The number of hydrogen-bond donors (Lipinski definition) is 1. The summed E-state index contributed by atoms with van der Waals surface area (Å²) in [4.78, 5) is 16.1. The third-order valence-electron chi connectivity index (χ3n) is 2.03. The fraction of sp³-hybridized carbons (Fsp3) is 0.462. The van der Waals surface area contributed by atoms with Gasteiger partial charge in [-0.3, -0.25) is 4.84 Å². The van der Waals surface area contributed by atoms with E-state index in [1.165, 1.54) is 24.3 Å². The number of nitrogens with one attached hydrogen (secondary N) is 1. The summed E-state index contributed by atoms with van der Waals surface area (Å²) in [5, 5.41) is 0. The van der Waals surface area contributed by atoms with E-state index < -0.39 is 22.2 Å². The first kappa shape index (κ1) is 19.0. The van der Waals surface area contributed by atoms with Gasteiger partial charge in [0.1, 0.15) is 30.3 Å². The molecule has 0 spiro atoms. The Kier molecular flexibility index (Phi) is 6.58. The second-order valence-corrected chi connectivity index (χ2v) is 6.20. The highest BCUT2D eigenvalue weighted by Crippen LogP contribution is 2.19. The quantitative estimate of drug-likeness (QED) is 0.456. The van der Waals surface area contributed by atoms with Crippen LogP contribution < -0.4 is 14.4 Å². The molecule has 0 radical (unpaired) electrons. The maximum absolute atomic E-state index is 12.3. The second-order valence-electron chi connectivity index (χ2n) is 5.25. The van der Waals surface area contributed by atoms with E-state index in [0.29, 0.717) is 5.75 Å². The van der Waals surface area contributed by atoms with Crippen molar-refractivity contribution in [2.45, 2.75) is 26.4 Å². The number of amides is 1. The highest BCUT2D eigenvalue weighted by Gasteiger charge is 2.15. The molecular formula is C13H18FNO7S. The molecule has 1 amide bonds. The summed E-state index contributed by atoms with van der Waals surface area (Å²) in [7, 11) is -5.05. The molecule has 1 aromatic rings. The molecule has 1 aromatic carbocycles. The summed E-state index contributed by atoms with van der Waals surface area (Å²) < 4.78 is 47.1. The fourth-order valence-corrected chi connectivity index (χ4v) is 1.66. The van der Waals surface area contributed by atoms with Gasteiger partial charge in [0.2, 0.25) is 0 Å². The van der Waals surface area contributed by atoms with Crippen LogP contribution in [0.2, 0.25) is 0 Å². The third-order valence-corrected chi connectivity index (χ3v) is 2.42. The van der Waals surface area contributed by atoms with E-state index in [4.69, 9.17) is 14.3 Å². The molecule has 0 fully saturated rings. The van der Waals surface area contributed by atoms with Crippen molar-refractivity contribution < 1.29 is 35.6 Å². The van der Waals surface area contributed by atoms with Crippen molar-refractivity contribution in [2.24, 2.45) is 0 Å². The lowest BCUT2D eigenvalue weighted by molar-refractivity contribution is -0.0144. The van der Waals surface area contributed by atoms with Crippen molar-refractivity contribution in [1.82, 2.24) is 5.48 Å². The van der Waals surface area contributed by atoms with Crippen LogP contribution in [0.4, 0.5) is 8.68 Å². The minimum atomic E-state index is -5.05. The molecule has 10 heteroatoms. The van der Waals surface area contributed by atoms with Gasteiger partial charge in [-0.2, -0.15) is 13.9 Å². The molecule has 0 atom stereocenters. The molecule has 0 unspecified atom stereocenters. The number of hydroxylamine groups is 1. The van der Waals surface area contributed by atoms with Crippen LogP contribution in [0, 0.1) is 0 Å². The molecule has 0 heterocycles. The van der Waals surface area contributed by atoms with Crippen LogP contribution in [-0.4, -0.2) is 33.3 Å². The average Bonchev–Trinajstić information content (AvgIpc) is 2.36. The Morgan fingerprint density at radius 3 is 2.22 bits per heavy atom. The summed E-state index contributed by atoms with van der Waals surface area (Å²) >= 11 is 0. The Morgan fingerprint density at radius 2 is 1.70 bits per heavy atom. The van der Waals surface area contributed by atoms with E-state index in [1.54, 1.807) is 20.8 Å². The number of benzene rings is 1. The van der Waals surface area contributed by atoms with E-state index in [9.17, 15) is 17.1 Å². The lowest BCUT2D eigenvalue weighted by atomic mass is 10.2. The molecule has 1 rings (SSSR count). The van der Waals surface area contributed by atoms with Gasteiger partial charge in [-0.1, -0.05) is 3.89 Å². The number of rotatable bonds is 7. The lowest BCUT2D eigenvalue weighted by Gasteiger charge is -2.19. The number of hydrogen-bond acceptors (Lipinski definition) is 7. The molecule has 0 aliphatic carbocycles. The fourth-order valence-electron chi connectivity index (χ4n) is 1.32. The van der Waals surface area contributed by atoms with Crippen molar-refractivity contribution >= 4 is 16.6 Å². The van der Waals surface area contributed by atoms with Crippen molar-refractivity contribution in [3.63, 3.8) is 0 Å². The van der Waals surface area contributed by atoms with Gasteiger partial charge >= 0.3 is 16.6 Å². The molecular weight excluding hydrogens is 333 g/mol. The Labute approximate surface area is 133 Å². The monoisotopic (exact) mass is 351 g/mol. The van der Waals surface area contributed by atoms with Gasteiger partial charge in [-0.25, -0.2) is 4.79 Å². The average molecular weight is 351 g/mol. The smallest absolute Gasteiger partial charge is 0.488 e. The summed E-state index contributed by atoms with van der Waals surface area (Å²) in [6.45, 7) is 5.32. The van der Waals surface area contributed by atoms with Gasteiger partial charge in [0, 0.05) is 0 Å². The van der Waals surface area contributed by atoms with Crippen LogP contribution in [0.25, 0.3) is 0 Å². The van der Waals surface area contributed by atoms with Crippen LogP contribution >= 0.6 is 0 Å². The van der Waals surface area contributed by atoms with Crippen molar-refractivity contribution in [2.75, 3.05) is 13.2 Å². The number of carbonyl (C=O) groups is 1. The van der Waals surface area contributed by atoms with Crippen LogP contribution in [0.1, 0.15) is 20.8 Å². The summed E-state index contributed by atoms with van der Waals surface area (Å²) in [6, 6.07) is 5.24. The van der Waals surface area contributed by atoms with Gasteiger partial charge in [-0.05, 0) is 45.0 Å². The van der Waals surface area contributed by atoms with Gasteiger partial charge in [-0.15, -0.1) is 0 Å². The molecule has 0 aliphatic rings. The predicted molar refractivity (Wildman–Crippen MR) is 77.9 cm³/mol. The Hall–Kier alpha value is -2.07. The van der Waals surface area contributed by atoms with E-state index in [1.807, 2.05) is 0 Å². The first-order valence-corrected chi connectivity index (χ1v) is 7.84. The zero-order chi connectivity index (χ0) is 17.5. The minimum absolute atomic E-state index is 0.0519. The largest absolute Gasteiger partial charge is 0.491 e. The van der Waals surface area contributed by atoms with E-state index in [2.05, 4.69) is 9.66 Å². The number of ether oxygens (including phenoxy) is 2. The highest BCUT2D eigenvalue weighted by molar-refractivity contribution is 7.81. The van der Waals surface area contributed by atoms with Gasteiger partial charge in [0.05, 0.1) is 0 Å². The van der Waals surface area contributed by atoms with Crippen LogP contribution in [-0.2, 0) is 20.1 Å². The van der Waals surface area contributed by atoms with Crippen molar-refractivity contribution in [3.8, 4) is 11.5 Å². The Morgan fingerprint density at radius 1 is 1.13 bits per heavy atom. The van der Waals surface area contributed by atoms with Crippen LogP contribution in [0.5, 0.6) is 11.5 Å². The zero-order valence-electron chi connectivity index (χ0n) is 12.9. The van der Waals surface area contributed by atoms with E-state index >= 15 is 0 Å². The van der Waals surface area contributed by atoms with Crippen molar-refractivity contribution in [3.05, 3.63) is 24.3 Å². The molecule has 0 aromatic heterocycles. The summed E-state index contributed by atoms with van der Waals surface area (Å²) in [5.74, 6) is 0.206. The van der Waals surface area contributed by atoms with Gasteiger partial charge < -0.3 is 13.7 Å². The highest BCUT2D eigenvalue weighted by atomic mass is 32.3.